The fourth-order valence-electron chi connectivity index (χ4n) is 3.44. The maximum absolute atomic E-state index is 13.3. The van der Waals surface area contributed by atoms with Gasteiger partial charge in [0.25, 0.3) is 5.91 Å². The molecule has 164 valence electrons. The summed E-state index contributed by atoms with van der Waals surface area (Å²) in [6, 6.07) is 5.10. The van der Waals surface area contributed by atoms with Crippen molar-refractivity contribution in [2.45, 2.75) is 19.1 Å². The molecule has 3 aromatic heterocycles. The van der Waals surface area contributed by atoms with Gasteiger partial charge in [-0.3, -0.25) is 14.4 Å². The van der Waals surface area contributed by atoms with Crippen LogP contribution in [0, 0.1) is 0 Å². The first-order valence-corrected chi connectivity index (χ1v) is 8.94. The Balaban J connectivity index is 0.00000272. The number of amides is 1. The van der Waals surface area contributed by atoms with E-state index in [0.29, 0.717) is 16.8 Å². The van der Waals surface area contributed by atoms with Gasteiger partial charge in [-0.25, -0.2) is 4.98 Å². The van der Waals surface area contributed by atoms with Crippen LogP contribution in [0.1, 0.15) is 29.0 Å². The number of anilines is 2. The molecule has 0 spiro atoms. The minimum Gasteiger partial charge on any atom is -0.481 e. The number of hydrogen-bond donors (Lipinski definition) is 1. The SMILES string of the molecule is COc1nc(N2C[C@H](C)n3ncc(-c4ccnc(N)c4)c3C2=O)ccc1C(F)(F)F.S. The van der Waals surface area contributed by atoms with Crippen LogP contribution in [-0.4, -0.2) is 39.3 Å². The van der Waals surface area contributed by atoms with E-state index in [2.05, 4.69) is 15.1 Å². The van der Waals surface area contributed by atoms with Crippen LogP contribution in [0.2, 0.25) is 0 Å². The van der Waals surface area contributed by atoms with E-state index in [4.69, 9.17) is 10.5 Å². The highest BCUT2D eigenvalue weighted by molar-refractivity contribution is 7.59. The molecular formula is C19H19F3N6O2S. The molecule has 0 unspecified atom stereocenters. The Bertz CT molecular complexity index is 1130. The lowest BCUT2D eigenvalue weighted by molar-refractivity contribution is -0.139. The smallest absolute Gasteiger partial charge is 0.421 e. The first kappa shape index (κ1) is 22.4. The third kappa shape index (κ3) is 3.90. The molecule has 0 saturated carbocycles. The monoisotopic (exact) mass is 452 g/mol. The molecule has 0 aliphatic carbocycles. The van der Waals surface area contributed by atoms with Gasteiger partial charge in [0, 0.05) is 18.3 Å². The van der Waals surface area contributed by atoms with Gasteiger partial charge in [0.15, 0.2) is 0 Å². The highest BCUT2D eigenvalue weighted by atomic mass is 32.1. The van der Waals surface area contributed by atoms with Crippen LogP contribution in [0.5, 0.6) is 5.88 Å². The highest BCUT2D eigenvalue weighted by Crippen LogP contribution is 2.38. The van der Waals surface area contributed by atoms with E-state index in [9.17, 15) is 18.0 Å². The first-order chi connectivity index (χ1) is 14.2. The van der Waals surface area contributed by atoms with Crippen molar-refractivity contribution in [3.8, 4) is 17.0 Å². The maximum Gasteiger partial charge on any atom is 0.421 e. The lowest BCUT2D eigenvalue weighted by Crippen LogP contribution is -2.43. The number of alkyl halides is 3. The van der Waals surface area contributed by atoms with Crippen LogP contribution in [-0.2, 0) is 6.18 Å². The molecule has 3 aromatic rings. The summed E-state index contributed by atoms with van der Waals surface area (Å²) in [5.41, 5.74) is 6.24. The van der Waals surface area contributed by atoms with Crippen molar-refractivity contribution in [1.82, 2.24) is 19.7 Å². The van der Waals surface area contributed by atoms with Gasteiger partial charge in [-0.2, -0.15) is 36.7 Å². The van der Waals surface area contributed by atoms with Crippen LogP contribution >= 0.6 is 13.5 Å². The molecule has 4 heterocycles. The quantitative estimate of drug-likeness (QED) is 0.655. The molecule has 0 aromatic carbocycles. The van der Waals surface area contributed by atoms with Crippen molar-refractivity contribution in [3.05, 3.63) is 47.9 Å². The molecule has 1 atom stereocenters. The largest absolute Gasteiger partial charge is 0.481 e. The second-order valence-corrected chi connectivity index (χ2v) is 6.81. The highest BCUT2D eigenvalue weighted by Gasteiger charge is 2.38. The van der Waals surface area contributed by atoms with Gasteiger partial charge in [0.2, 0.25) is 5.88 Å². The number of nitrogens with zero attached hydrogens (tertiary/aromatic N) is 5. The van der Waals surface area contributed by atoms with Crippen molar-refractivity contribution in [2.24, 2.45) is 0 Å². The zero-order chi connectivity index (χ0) is 21.6. The third-order valence-electron chi connectivity index (χ3n) is 4.82. The number of methoxy groups -OCH3 is 1. The average molecular weight is 452 g/mol. The molecule has 1 aliphatic rings. The predicted octanol–water partition coefficient (Wildman–Crippen LogP) is 3.28. The molecule has 1 aliphatic heterocycles. The second-order valence-electron chi connectivity index (χ2n) is 6.81. The van der Waals surface area contributed by atoms with E-state index in [1.807, 2.05) is 6.92 Å². The molecule has 0 radical (unpaired) electrons. The predicted molar refractivity (Wildman–Crippen MR) is 112 cm³/mol. The fraction of sp³-hybridized carbons (Fsp3) is 0.263. The standard InChI is InChI=1S/C19H17F3N6O2.H2S/c1-10-9-27(15-4-3-13(19(20,21)22)17(26-15)30-2)18(29)16-12(8-25-28(10)16)11-5-6-24-14(23)7-11;/h3-8,10H,9H2,1-2H3,(H2,23,24);1H2/t10-;/m0./s1. The minimum atomic E-state index is -4.62. The van der Waals surface area contributed by atoms with E-state index >= 15 is 0 Å². The summed E-state index contributed by atoms with van der Waals surface area (Å²) >= 11 is 0. The number of pyridine rings is 2. The number of nitrogens with two attached hydrogens (primary N) is 1. The molecule has 8 nitrogen and oxygen atoms in total. The second kappa shape index (κ2) is 8.10. The van der Waals surface area contributed by atoms with Crippen LogP contribution in [0.4, 0.5) is 24.8 Å². The van der Waals surface area contributed by atoms with Crippen molar-refractivity contribution in [2.75, 3.05) is 24.3 Å². The zero-order valence-corrected chi connectivity index (χ0v) is 17.5. The summed E-state index contributed by atoms with van der Waals surface area (Å²) in [6.07, 6.45) is -1.54. The number of aromatic nitrogens is 4. The molecule has 31 heavy (non-hydrogen) atoms. The van der Waals surface area contributed by atoms with E-state index in [1.165, 1.54) is 11.1 Å². The third-order valence-corrected chi connectivity index (χ3v) is 4.82. The van der Waals surface area contributed by atoms with E-state index in [-0.39, 0.29) is 37.7 Å². The van der Waals surface area contributed by atoms with Gasteiger partial charge in [0.1, 0.15) is 22.9 Å². The van der Waals surface area contributed by atoms with Gasteiger partial charge >= 0.3 is 6.18 Å². The average Bonchev–Trinajstić information content (AvgIpc) is 3.15. The van der Waals surface area contributed by atoms with Crippen molar-refractivity contribution >= 4 is 31.0 Å². The molecule has 1 amide bonds. The van der Waals surface area contributed by atoms with E-state index < -0.39 is 23.5 Å². The lowest BCUT2D eigenvalue weighted by Gasteiger charge is -2.32. The van der Waals surface area contributed by atoms with Crippen LogP contribution in [0.25, 0.3) is 11.1 Å². The number of ether oxygens (including phenoxy) is 1. The van der Waals surface area contributed by atoms with Gasteiger partial charge in [-0.15, -0.1) is 0 Å². The molecule has 0 saturated heterocycles. The molecule has 0 bridgehead atoms. The van der Waals surface area contributed by atoms with Gasteiger partial charge in [-0.05, 0) is 36.8 Å². The summed E-state index contributed by atoms with van der Waals surface area (Å²) in [7, 11) is 1.10. The van der Waals surface area contributed by atoms with Gasteiger partial charge < -0.3 is 10.5 Å². The Kier molecular flexibility index (Phi) is 5.85. The molecule has 4 rings (SSSR count). The van der Waals surface area contributed by atoms with E-state index in [0.717, 1.165) is 19.2 Å². The van der Waals surface area contributed by atoms with E-state index in [1.54, 1.807) is 23.0 Å². The zero-order valence-electron chi connectivity index (χ0n) is 16.5. The Morgan fingerprint density at radius 1 is 1.26 bits per heavy atom. The number of rotatable bonds is 3. The molecule has 12 heteroatoms. The molecule has 2 N–H and O–H groups in total. The summed E-state index contributed by atoms with van der Waals surface area (Å²) in [5, 5.41) is 4.32. The number of carbonyl (C=O) groups excluding carboxylic acids is 1. The van der Waals surface area contributed by atoms with Crippen LogP contribution < -0.4 is 15.4 Å². The Morgan fingerprint density at radius 3 is 2.65 bits per heavy atom. The van der Waals surface area contributed by atoms with Crippen LogP contribution in [0.15, 0.2) is 36.7 Å². The number of halogens is 3. The Labute approximate surface area is 182 Å². The summed E-state index contributed by atoms with van der Waals surface area (Å²) < 4.78 is 45.9. The van der Waals surface area contributed by atoms with Crippen molar-refractivity contribution in [1.29, 1.82) is 0 Å². The fourth-order valence-corrected chi connectivity index (χ4v) is 3.44. The minimum absolute atomic E-state index is 0. The maximum atomic E-state index is 13.3. The number of carbonyl (C=O) groups is 1. The van der Waals surface area contributed by atoms with Gasteiger partial charge in [-0.1, -0.05) is 0 Å². The topological polar surface area (TPSA) is 99.2 Å². The van der Waals surface area contributed by atoms with Crippen LogP contribution in [0.3, 0.4) is 0 Å². The summed E-state index contributed by atoms with van der Waals surface area (Å²) in [6.45, 7) is 2.04. The van der Waals surface area contributed by atoms with Crippen molar-refractivity contribution < 1.29 is 22.7 Å². The number of hydrogen-bond acceptors (Lipinski definition) is 6. The first-order valence-electron chi connectivity index (χ1n) is 8.94. The molecular weight excluding hydrogens is 433 g/mol. The number of fused-ring (bicyclic) bond motifs is 1. The Hall–Kier alpha value is -3.28. The summed E-state index contributed by atoms with van der Waals surface area (Å²) in [4.78, 5) is 22.5. The summed E-state index contributed by atoms with van der Waals surface area (Å²) in [5.74, 6) is -0.689. The number of nitrogen functional groups attached to an aromatic ring is 1. The van der Waals surface area contributed by atoms with Gasteiger partial charge in [0.05, 0.1) is 19.3 Å². The Morgan fingerprint density at radius 2 is 2.00 bits per heavy atom. The molecule has 0 fully saturated rings. The normalized spacial score (nSPS) is 16.0. The lowest BCUT2D eigenvalue weighted by atomic mass is 10.0. The van der Waals surface area contributed by atoms with Crippen molar-refractivity contribution in [3.63, 3.8) is 0 Å².